The average molecular weight is 332 g/mol. The van der Waals surface area contributed by atoms with Crippen LogP contribution in [0.15, 0.2) is 35.3 Å². The van der Waals surface area contributed by atoms with E-state index in [0.717, 1.165) is 18.1 Å². The Morgan fingerprint density at radius 2 is 2.17 bits per heavy atom. The standard InChI is InChI=1S/C17H24N4OS/c1-12(10-15-9-8-13(2)23-15)20-17(18-3)19-11-14-6-5-7-16(21-14)22-4/h5-9,12H,10-11H2,1-4H3,(H2,18,19,20). The second kappa shape index (κ2) is 8.53. The summed E-state index contributed by atoms with van der Waals surface area (Å²) in [5, 5.41) is 6.69. The molecule has 0 bridgehead atoms. The number of guanidine groups is 1. The van der Waals surface area contributed by atoms with Gasteiger partial charge >= 0.3 is 0 Å². The number of rotatable bonds is 6. The molecule has 2 N–H and O–H groups in total. The lowest BCUT2D eigenvalue weighted by atomic mass is 10.2. The van der Waals surface area contributed by atoms with Gasteiger partial charge in [-0.25, -0.2) is 4.98 Å². The first-order valence-electron chi connectivity index (χ1n) is 7.63. The van der Waals surface area contributed by atoms with E-state index < -0.39 is 0 Å². The lowest BCUT2D eigenvalue weighted by Gasteiger charge is -2.17. The summed E-state index contributed by atoms with van der Waals surface area (Å²) in [6.07, 6.45) is 0.983. The predicted octanol–water partition coefficient (Wildman–Crippen LogP) is 2.76. The normalized spacial score (nSPS) is 12.8. The number of aromatic nitrogens is 1. The molecule has 0 aliphatic rings. The molecule has 124 valence electrons. The highest BCUT2D eigenvalue weighted by Gasteiger charge is 2.08. The van der Waals surface area contributed by atoms with Crippen LogP contribution in [0.1, 0.15) is 22.4 Å². The van der Waals surface area contributed by atoms with Gasteiger partial charge in [0.15, 0.2) is 5.96 Å². The van der Waals surface area contributed by atoms with Crippen molar-refractivity contribution in [1.82, 2.24) is 15.6 Å². The van der Waals surface area contributed by atoms with E-state index in [0.29, 0.717) is 18.5 Å². The first-order chi connectivity index (χ1) is 11.1. The summed E-state index contributed by atoms with van der Waals surface area (Å²) in [6.45, 7) is 4.89. The summed E-state index contributed by atoms with van der Waals surface area (Å²) in [5.41, 5.74) is 0.911. The van der Waals surface area contributed by atoms with Crippen molar-refractivity contribution in [1.29, 1.82) is 0 Å². The van der Waals surface area contributed by atoms with Crippen molar-refractivity contribution in [3.63, 3.8) is 0 Å². The highest BCUT2D eigenvalue weighted by atomic mass is 32.1. The van der Waals surface area contributed by atoms with Gasteiger partial charge in [0.1, 0.15) is 0 Å². The van der Waals surface area contributed by atoms with Crippen LogP contribution in [-0.2, 0) is 13.0 Å². The monoisotopic (exact) mass is 332 g/mol. The minimum atomic E-state index is 0.303. The fraction of sp³-hybridized carbons (Fsp3) is 0.412. The van der Waals surface area contributed by atoms with Gasteiger partial charge in [-0.05, 0) is 32.0 Å². The molecule has 0 radical (unpaired) electrons. The highest BCUT2D eigenvalue weighted by molar-refractivity contribution is 7.11. The summed E-state index contributed by atoms with van der Waals surface area (Å²) in [5.74, 6) is 1.39. The second-order valence-corrected chi connectivity index (χ2v) is 6.73. The lowest BCUT2D eigenvalue weighted by molar-refractivity contribution is 0.396. The summed E-state index contributed by atoms with van der Waals surface area (Å²) in [4.78, 5) is 11.4. The Kier molecular flexibility index (Phi) is 6.40. The van der Waals surface area contributed by atoms with Crippen molar-refractivity contribution in [3.05, 3.63) is 45.8 Å². The Morgan fingerprint density at radius 3 is 2.83 bits per heavy atom. The molecule has 0 spiro atoms. The molecule has 23 heavy (non-hydrogen) atoms. The van der Waals surface area contributed by atoms with Gasteiger partial charge in [0, 0.05) is 35.3 Å². The molecule has 0 fully saturated rings. The molecule has 2 heterocycles. The summed E-state index contributed by atoms with van der Waals surface area (Å²) in [7, 11) is 3.39. The molecule has 1 unspecified atom stereocenters. The Morgan fingerprint density at radius 1 is 1.35 bits per heavy atom. The van der Waals surface area contributed by atoms with Crippen molar-refractivity contribution >= 4 is 17.3 Å². The Bertz CT molecular complexity index is 654. The van der Waals surface area contributed by atoms with Crippen LogP contribution in [0.5, 0.6) is 5.88 Å². The summed E-state index contributed by atoms with van der Waals surface area (Å²) < 4.78 is 5.14. The van der Waals surface area contributed by atoms with E-state index in [9.17, 15) is 0 Å². The van der Waals surface area contributed by atoms with E-state index in [4.69, 9.17) is 4.74 Å². The maximum atomic E-state index is 5.14. The van der Waals surface area contributed by atoms with E-state index in [2.05, 4.69) is 46.6 Å². The first-order valence-corrected chi connectivity index (χ1v) is 8.44. The molecule has 6 heteroatoms. The molecule has 0 aliphatic heterocycles. The van der Waals surface area contributed by atoms with Gasteiger partial charge in [0.2, 0.25) is 5.88 Å². The topological polar surface area (TPSA) is 58.5 Å². The number of thiophene rings is 1. The van der Waals surface area contributed by atoms with E-state index >= 15 is 0 Å². The number of nitrogens with one attached hydrogen (secondary N) is 2. The third-order valence-corrected chi connectivity index (χ3v) is 4.36. The molecule has 0 saturated carbocycles. The fourth-order valence-electron chi connectivity index (χ4n) is 2.22. The van der Waals surface area contributed by atoms with Crippen molar-refractivity contribution in [2.45, 2.75) is 32.9 Å². The number of hydrogen-bond acceptors (Lipinski definition) is 4. The van der Waals surface area contributed by atoms with Crippen LogP contribution < -0.4 is 15.4 Å². The predicted molar refractivity (Wildman–Crippen MR) is 96.3 cm³/mol. The molecule has 2 aromatic heterocycles. The van der Waals surface area contributed by atoms with E-state index in [-0.39, 0.29) is 0 Å². The summed E-state index contributed by atoms with van der Waals surface area (Å²) in [6, 6.07) is 10.4. The number of pyridine rings is 1. The zero-order valence-electron chi connectivity index (χ0n) is 14.1. The van der Waals surface area contributed by atoms with Gasteiger partial charge < -0.3 is 15.4 Å². The number of aliphatic imine (C=N–C) groups is 1. The van der Waals surface area contributed by atoms with E-state index in [1.807, 2.05) is 29.5 Å². The first kappa shape index (κ1) is 17.3. The van der Waals surface area contributed by atoms with Gasteiger partial charge in [-0.1, -0.05) is 6.07 Å². The smallest absolute Gasteiger partial charge is 0.213 e. The third kappa shape index (κ3) is 5.56. The van der Waals surface area contributed by atoms with Crippen LogP contribution in [0.25, 0.3) is 0 Å². The van der Waals surface area contributed by atoms with Gasteiger partial charge in [0.25, 0.3) is 0 Å². The van der Waals surface area contributed by atoms with Gasteiger partial charge in [-0.3, -0.25) is 4.99 Å². The maximum absolute atomic E-state index is 5.14. The van der Waals surface area contributed by atoms with Crippen molar-refractivity contribution < 1.29 is 4.74 Å². The van der Waals surface area contributed by atoms with Crippen LogP contribution in [-0.4, -0.2) is 31.1 Å². The molecule has 0 aliphatic carbocycles. The number of hydrogen-bond donors (Lipinski definition) is 2. The molecule has 2 aromatic rings. The number of nitrogens with zero attached hydrogens (tertiary/aromatic N) is 2. The van der Waals surface area contributed by atoms with Crippen LogP contribution in [0.3, 0.4) is 0 Å². The average Bonchev–Trinajstić information content (AvgIpc) is 2.96. The largest absolute Gasteiger partial charge is 0.481 e. The van der Waals surface area contributed by atoms with Crippen LogP contribution in [0.4, 0.5) is 0 Å². The SMILES string of the molecule is CN=C(NCc1cccc(OC)n1)NC(C)Cc1ccc(C)s1. The Hall–Kier alpha value is -2.08. The van der Waals surface area contributed by atoms with Gasteiger partial charge in [-0.2, -0.15) is 0 Å². The maximum Gasteiger partial charge on any atom is 0.213 e. The lowest BCUT2D eigenvalue weighted by Crippen LogP contribution is -2.42. The van der Waals surface area contributed by atoms with Crippen molar-refractivity contribution in [3.8, 4) is 5.88 Å². The van der Waals surface area contributed by atoms with Crippen LogP contribution >= 0.6 is 11.3 Å². The quantitative estimate of drug-likeness (QED) is 0.631. The Balaban J connectivity index is 1.85. The van der Waals surface area contributed by atoms with E-state index in [1.165, 1.54) is 9.75 Å². The molecule has 0 saturated heterocycles. The Labute approximate surface area is 141 Å². The zero-order valence-corrected chi connectivity index (χ0v) is 14.9. The molecular formula is C17H24N4OS. The molecule has 0 aromatic carbocycles. The molecule has 5 nitrogen and oxygen atoms in total. The third-order valence-electron chi connectivity index (χ3n) is 3.34. The van der Waals surface area contributed by atoms with E-state index in [1.54, 1.807) is 14.2 Å². The number of ether oxygens (including phenoxy) is 1. The van der Waals surface area contributed by atoms with Crippen molar-refractivity contribution in [2.24, 2.45) is 4.99 Å². The van der Waals surface area contributed by atoms with Crippen LogP contribution in [0.2, 0.25) is 0 Å². The molecule has 2 rings (SSSR count). The number of aryl methyl sites for hydroxylation is 1. The minimum absolute atomic E-state index is 0.303. The zero-order chi connectivity index (χ0) is 16.7. The van der Waals surface area contributed by atoms with Gasteiger partial charge in [-0.15, -0.1) is 11.3 Å². The highest BCUT2D eigenvalue weighted by Crippen LogP contribution is 2.16. The second-order valence-electron chi connectivity index (χ2n) is 5.36. The fourth-order valence-corrected chi connectivity index (χ4v) is 3.24. The minimum Gasteiger partial charge on any atom is -0.481 e. The van der Waals surface area contributed by atoms with Crippen LogP contribution in [0, 0.1) is 6.92 Å². The van der Waals surface area contributed by atoms with Gasteiger partial charge in [0.05, 0.1) is 19.3 Å². The molecular weight excluding hydrogens is 308 g/mol. The van der Waals surface area contributed by atoms with Crippen molar-refractivity contribution in [2.75, 3.05) is 14.2 Å². The molecule has 0 amide bonds. The summed E-state index contributed by atoms with van der Waals surface area (Å²) >= 11 is 1.84. The number of methoxy groups -OCH3 is 1. The molecule has 1 atom stereocenters.